The molecule has 1 fully saturated rings. The number of benzene rings is 1. The highest BCUT2D eigenvalue weighted by Gasteiger charge is 2.34. The first-order valence-corrected chi connectivity index (χ1v) is 8.79. The average Bonchev–Trinajstić information content (AvgIpc) is 2.49. The summed E-state index contributed by atoms with van der Waals surface area (Å²) in [6.45, 7) is 7.15. The summed E-state index contributed by atoms with van der Waals surface area (Å²) in [7, 11) is 0. The first kappa shape index (κ1) is 18.2. The third kappa shape index (κ3) is 4.91. The van der Waals surface area contributed by atoms with Gasteiger partial charge in [-0.1, -0.05) is 0 Å². The van der Waals surface area contributed by atoms with Crippen LogP contribution < -0.4 is 10.1 Å². The third-order valence-corrected chi connectivity index (χ3v) is 4.99. The first-order valence-electron chi connectivity index (χ1n) is 7.71. The number of nitrogens with one attached hydrogen (secondary N) is 1. The fraction of sp³-hybridized carbons (Fsp3) is 0.529. The summed E-state index contributed by atoms with van der Waals surface area (Å²) in [5, 5.41) is 3.31. The Labute approximate surface area is 150 Å². The zero-order valence-electron chi connectivity index (χ0n) is 13.6. The van der Waals surface area contributed by atoms with Crippen LogP contribution in [0.3, 0.4) is 0 Å². The second-order valence-electron chi connectivity index (χ2n) is 6.26. The number of rotatable bonds is 4. The Morgan fingerprint density at radius 1 is 1.26 bits per heavy atom. The van der Waals surface area contributed by atoms with Crippen molar-refractivity contribution in [3.63, 3.8) is 0 Å². The van der Waals surface area contributed by atoms with Crippen LogP contribution in [-0.4, -0.2) is 30.6 Å². The van der Waals surface area contributed by atoms with Crippen molar-refractivity contribution >= 4 is 34.5 Å². The second-order valence-corrected chi connectivity index (χ2v) is 7.42. The highest BCUT2D eigenvalue weighted by Crippen LogP contribution is 2.30. The molecule has 0 amide bonds. The van der Waals surface area contributed by atoms with Crippen LogP contribution in [0.25, 0.3) is 0 Å². The van der Waals surface area contributed by atoms with Gasteiger partial charge < -0.3 is 14.8 Å². The van der Waals surface area contributed by atoms with Crippen molar-refractivity contribution in [2.75, 3.05) is 13.1 Å². The minimum Gasteiger partial charge on any atom is -0.456 e. The summed E-state index contributed by atoms with van der Waals surface area (Å²) in [5.74, 6) is -0.0847. The molecule has 0 aromatic heterocycles. The lowest BCUT2D eigenvalue weighted by Crippen LogP contribution is -2.42. The monoisotopic (exact) mass is 431 g/mol. The Morgan fingerprint density at radius 2 is 1.91 bits per heavy atom. The maximum Gasteiger partial charge on any atom is 0.338 e. The van der Waals surface area contributed by atoms with E-state index in [1.165, 1.54) is 6.92 Å². The highest BCUT2D eigenvalue weighted by atomic mass is 127. The standard InChI is InChI=1S/C17H22INO4/c1-11(20)22-15-10-12(4-5-14(15)18)16(21)23-17(2,3)13-6-8-19-9-7-13/h4-5,10,13,19H,6-9H2,1-3H3. The topological polar surface area (TPSA) is 64.6 Å². The fourth-order valence-corrected chi connectivity index (χ4v) is 3.21. The van der Waals surface area contributed by atoms with Gasteiger partial charge in [-0.05, 0) is 80.6 Å². The van der Waals surface area contributed by atoms with Crippen LogP contribution in [-0.2, 0) is 9.53 Å². The minimum atomic E-state index is -0.524. The molecule has 0 atom stereocenters. The number of halogens is 1. The van der Waals surface area contributed by atoms with E-state index in [2.05, 4.69) is 27.9 Å². The Kier molecular flexibility index (Phi) is 6.02. The molecule has 0 aliphatic carbocycles. The van der Waals surface area contributed by atoms with Gasteiger partial charge in [0, 0.05) is 12.8 Å². The van der Waals surface area contributed by atoms with E-state index in [0.717, 1.165) is 29.5 Å². The number of ether oxygens (including phenoxy) is 2. The lowest BCUT2D eigenvalue weighted by molar-refractivity contribution is -0.131. The van der Waals surface area contributed by atoms with E-state index in [4.69, 9.17) is 9.47 Å². The number of esters is 2. The fourth-order valence-electron chi connectivity index (χ4n) is 2.76. The lowest BCUT2D eigenvalue weighted by atomic mass is 9.83. The Bertz CT molecular complexity index is 594. The van der Waals surface area contributed by atoms with Crippen LogP contribution in [0.15, 0.2) is 18.2 Å². The molecule has 1 heterocycles. The van der Waals surface area contributed by atoms with Crippen molar-refractivity contribution in [2.24, 2.45) is 5.92 Å². The van der Waals surface area contributed by atoms with Gasteiger partial charge in [-0.2, -0.15) is 0 Å². The van der Waals surface area contributed by atoms with Crippen LogP contribution in [0.4, 0.5) is 0 Å². The number of hydrogen-bond donors (Lipinski definition) is 1. The van der Waals surface area contributed by atoms with E-state index >= 15 is 0 Å². The van der Waals surface area contributed by atoms with Gasteiger partial charge in [0.2, 0.25) is 0 Å². The Balaban J connectivity index is 2.11. The smallest absolute Gasteiger partial charge is 0.338 e. The predicted octanol–water partition coefficient (Wildman–Crippen LogP) is 3.15. The molecule has 1 aromatic carbocycles. The van der Waals surface area contributed by atoms with Gasteiger partial charge in [0.15, 0.2) is 0 Å². The van der Waals surface area contributed by atoms with Crippen LogP contribution in [0.5, 0.6) is 5.75 Å². The SMILES string of the molecule is CC(=O)Oc1cc(C(=O)OC(C)(C)C2CCNCC2)ccc1I. The van der Waals surface area contributed by atoms with Gasteiger partial charge in [0.25, 0.3) is 0 Å². The van der Waals surface area contributed by atoms with Gasteiger partial charge >= 0.3 is 11.9 Å². The molecule has 1 N–H and O–H groups in total. The third-order valence-electron chi connectivity index (χ3n) is 4.10. The molecule has 1 aliphatic rings. The predicted molar refractivity (Wildman–Crippen MR) is 95.6 cm³/mol. The molecule has 0 spiro atoms. The zero-order chi connectivity index (χ0) is 17.0. The molecule has 6 heteroatoms. The molecule has 0 unspecified atom stereocenters. The lowest BCUT2D eigenvalue weighted by Gasteiger charge is -2.36. The van der Waals surface area contributed by atoms with Gasteiger partial charge in [-0.15, -0.1) is 0 Å². The van der Waals surface area contributed by atoms with E-state index in [1.807, 2.05) is 13.8 Å². The normalized spacial score (nSPS) is 16.0. The number of hydrogen-bond acceptors (Lipinski definition) is 5. The molecule has 0 bridgehead atoms. The maximum absolute atomic E-state index is 12.5. The van der Waals surface area contributed by atoms with Crippen LogP contribution in [0.2, 0.25) is 0 Å². The molecule has 1 aliphatic heterocycles. The molecule has 23 heavy (non-hydrogen) atoms. The van der Waals surface area contributed by atoms with E-state index < -0.39 is 17.5 Å². The van der Waals surface area contributed by atoms with E-state index in [-0.39, 0.29) is 0 Å². The molecule has 0 saturated carbocycles. The van der Waals surface area contributed by atoms with Crippen molar-refractivity contribution in [2.45, 2.75) is 39.2 Å². The van der Waals surface area contributed by atoms with Gasteiger partial charge in [0.1, 0.15) is 11.4 Å². The molecular weight excluding hydrogens is 409 g/mol. The first-order chi connectivity index (χ1) is 10.8. The molecule has 1 saturated heterocycles. The van der Waals surface area contributed by atoms with Crippen LogP contribution >= 0.6 is 22.6 Å². The molecule has 1 aromatic rings. The summed E-state index contributed by atoms with van der Waals surface area (Å²) in [6, 6.07) is 4.99. The second kappa shape index (κ2) is 7.61. The summed E-state index contributed by atoms with van der Waals surface area (Å²) < 4.78 is 11.6. The van der Waals surface area contributed by atoms with Gasteiger partial charge in [-0.3, -0.25) is 4.79 Å². The molecule has 126 valence electrons. The van der Waals surface area contributed by atoms with Crippen molar-refractivity contribution in [1.82, 2.24) is 5.32 Å². The van der Waals surface area contributed by atoms with Gasteiger partial charge in [0.05, 0.1) is 9.13 Å². The number of carbonyl (C=O) groups is 2. The Hall–Kier alpha value is -1.15. The summed E-state index contributed by atoms with van der Waals surface area (Å²) in [5.41, 5.74) is -0.132. The van der Waals surface area contributed by atoms with Gasteiger partial charge in [-0.25, -0.2) is 4.79 Å². The van der Waals surface area contributed by atoms with E-state index in [1.54, 1.807) is 18.2 Å². The zero-order valence-corrected chi connectivity index (χ0v) is 15.8. The highest BCUT2D eigenvalue weighted by molar-refractivity contribution is 14.1. The summed E-state index contributed by atoms with van der Waals surface area (Å²) >= 11 is 2.06. The number of piperidine rings is 1. The van der Waals surface area contributed by atoms with Crippen LogP contribution in [0.1, 0.15) is 44.0 Å². The Morgan fingerprint density at radius 3 is 2.52 bits per heavy atom. The van der Waals surface area contributed by atoms with E-state index in [9.17, 15) is 9.59 Å². The summed E-state index contributed by atoms with van der Waals surface area (Å²) in [6.07, 6.45) is 1.98. The van der Waals surface area contributed by atoms with Crippen LogP contribution in [0, 0.1) is 9.49 Å². The number of carbonyl (C=O) groups excluding carboxylic acids is 2. The maximum atomic E-state index is 12.5. The van der Waals surface area contributed by atoms with Crippen molar-refractivity contribution in [3.05, 3.63) is 27.3 Å². The largest absolute Gasteiger partial charge is 0.456 e. The van der Waals surface area contributed by atoms with Crippen molar-refractivity contribution in [3.8, 4) is 5.75 Å². The minimum absolute atomic E-state index is 0.337. The van der Waals surface area contributed by atoms with Crippen molar-refractivity contribution < 1.29 is 19.1 Å². The average molecular weight is 431 g/mol. The summed E-state index contributed by atoms with van der Waals surface area (Å²) in [4.78, 5) is 23.6. The van der Waals surface area contributed by atoms with E-state index in [0.29, 0.717) is 17.2 Å². The quantitative estimate of drug-likeness (QED) is 0.451. The molecule has 5 nitrogen and oxygen atoms in total. The molecule has 0 radical (unpaired) electrons. The molecule has 2 rings (SSSR count). The molecular formula is C17H22INO4. The van der Waals surface area contributed by atoms with Crippen molar-refractivity contribution in [1.29, 1.82) is 0 Å².